The zero-order chi connectivity index (χ0) is 26.3. The van der Waals surface area contributed by atoms with Crippen molar-refractivity contribution in [1.82, 2.24) is 4.98 Å². The molecule has 7 nitrogen and oxygen atoms in total. The molecule has 2 aromatic rings. The lowest BCUT2D eigenvalue weighted by atomic mass is 9.76. The second-order valence-corrected chi connectivity index (χ2v) is 8.21. The van der Waals surface area contributed by atoms with Crippen LogP contribution in [0.25, 0.3) is 0 Å². The van der Waals surface area contributed by atoms with Gasteiger partial charge in [-0.15, -0.1) is 0 Å². The van der Waals surface area contributed by atoms with Gasteiger partial charge in [0.1, 0.15) is 23.4 Å². The highest BCUT2D eigenvalue weighted by atomic mass is 19.4. The Bertz CT molecular complexity index is 1140. The van der Waals surface area contributed by atoms with E-state index in [9.17, 15) is 35.9 Å². The van der Waals surface area contributed by atoms with Gasteiger partial charge in [-0.05, 0) is 32.0 Å². The fourth-order valence-electron chi connectivity index (χ4n) is 4.08. The molecule has 3 rings (SSSR count). The molecule has 1 aliphatic heterocycles. The van der Waals surface area contributed by atoms with Crippen molar-refractivity contribution in [2.24, 2.45) is 11.7 Å². The summed E-state index contributed by atoms with van der Waals surface area (Å²) < 4.78 is 92.1. The molecule has 1 aromatic heterocycles. The van der Waals surface area contributed by atoms with Crippen LogP contribution < -0.4 is 15.8 Å². The minimum atomic E-state index is -4.95. The Hall–Kier alpha value is -3.35. The summed E-state index contributed by atoms with van der Waals surface area (Å²) >= 11 is 0. The van der Waals surface area contributed by atoms with Gasteiger partial charge in [-0.3, -0.25) is 14.6 Å². The number of ether oxygens (including phenoxy) is 2. The van der Waals surface area contributed by atoms with Crippen molar-refractivity contribution < 1.29 is 45.4 Å². The fourth-order valence-corrected chi connectivity index (χ4v) is 4.08. The van der Waals surface area contributed by atoms with E-state index >= 15 is 0 Å². The lowest BCUT2D eigenvalue weighted by Gasteiger charge is -2.32. The van der Waals surface area contributed by atoms with Gasteiger partial charge >= 0.3 is 12.8 Å². The number of anilines is 1. The van der Waals surface area contributed by atoms with Crippen molar-refractivity contribution in [1.29, 1.82) is 0 Å². The van der Waals surface area contributed by atoms with E-state index in [4.69, 9.17) is 10.5 Å². The van der Waals surface area contributed by atoms with Gasteiger partial charge < -0.3 is 20.5 Å². The minimum absolute atomic E-state index is 0.0197. The molecule has 2 heterocycles. The van der Waals surface area contributed by atoms with Crippen LogP contribution in [-0.4, -0.2) is 41.3 Å². The van der Waals surface area contributed by atoms with E-state index in [0.717, 1.165) is 45.2 Å². The number of rotatable bonds is 6. The molecule has 0 aliphatic carbocycles. The number of carbonyl (C=O) groups excluding carboxylic acids is 2. The Kier molecular flexibility index (Phi) is 7.02. The number of hydrogen-bond acceptors (Lipinski definition) is 5. The van der Waals surface area contributed by atoms with Gasteiger partial charge in [0, 0.05) is 34.8 Å². The van der Waals surface area contributed by atoms with E-state index in [1.807, 2.05) is 0 Å². The number of nitrogens with two attached hydrogens (primary N) is 1. The molecule has 1 aromatic carbocycles. The van der Waals surface area contributed by atoms with Gasteiger partial charge in [0.2, 0.25) is 0 Å². The molecule has 2 amide bonds. The summed E-state index contributed by atoms with van der Waals surface area (Å²) in [6, 6.07) is 4.23. The average molecular weight is 505 g/mol. The lowest BCUT2D eigenvalue weighted by molar-refractivity contribution is -0.272. The molecule has 35 heavy (non-hydrogen) atoms. The Morgan fingerprint density at radius 1 is 1.26 bits per heavy atom. The summed E-state index contributed by atoms with van der Waals surface area (Å²) in [5.74, 6) is -6.53. The van der Waals surface area contributed by atoms with Crippen molar-refractivity contribution >= 4 is 17.5 Å². The van der Waals surface area contributed by atoms with Crippen molar-refractivity contribution in [2.75, 3.05) is 5.32 Å². The first kappa shape index (κ1) is 26.3. The first-order valence-electron chi connectivity index (χ1n) is 10.2. The third-order valence-electron chi connectivity index (χ3n) is 6.14. The van der Waals surface area contributed by atoms with E-state index in [2.05, 4.69) is 15.0 Å². The molecule has 1 saturated heterocycles. The molecule has 1 fully saturated rings. The summed E-state index contributed by atoms with van der Waals surface area (Å²) in [6.45, 7) is -0.401. The predicted octanol–water partition coefficient (Wildman–Crippen LogP) is 4.31. The molecule has 1 aliphatic rings. The van der Waals surface area contributed by atoms with Crippen LogP contribution in [-0.2, 0) is 9.53 Å². The molecule has 3 N–H and O–H groups in total. The number of pyridine rings is 1. The molecular weight excluding hydrogens is 484 g/mol. The number of carbonyl (C=O) groups is 2. The van der Waals surface area contributed by atoms with Gasteiger partial charge in [-0.2, -0.15) is 22.0 Å². The summed E-state index contributed by atoms with van der Waals surface area (Å²) in [4.78, 5) is 28.2. The van der Waals surface area contributed by atoms with E-state index < -0.39 is 59.7 Å². The second kappa shape index (κ2) is 9.36. The third-order valence-corrected chi connectivity index (χ3v) is 6.14. The first-order chi connectivity index (χ1) is 16.2. The summed E-state index contributed by atoms with van der Waals surface area (Å²) in [5.41, 5.74) is 1.43. The molecule has 4 atom stereocenters. The second-order valence-electron chi connectivity index (χ2n) is 8.21. The maximum atomic E-state index is 14.1. The number of aromatic nitrogens is 1. The van der Waals surface area contributed by atoms with Gasteiger partial charge in [0.15, 0.2) is 5.60 Å². The van der Waals surface area contributed by atoms with Gasteiger partial charge in [-0.25, -0.2) is 4.39 Å². The number of alkyl halides is 5. The Balaban J connectivity index is 2.10. The molecule has 0 saturated carbocycles. The molecule has 13 heteroatoms. The number of hydrogen-bond donors (Lipinski definition) is 2. The van der Waals surface area contributed by atoms with Crippen LogP contribution in [0.3, 0.4) is 0 Å². The number of primary amides is 1. The Labute approximate surface area is 195 Å². The molecule has 0 spiro atoms. The normalized spacial score (nSPS) is 24.5. The van der Waals surface area contributed by atoms with Crippen LogP contribution in [0.2, 0.25) is 0 Å². The zero-order valence-corrected chi connectivity index (χ0v) is 18.6. The SMILES string of the molecule is Cc1c(F)ccc([C@H]2[C@@H](C(=O)Nc3ccnc(C(N)=O)c3)O[C@@](C)(C(F)(F)F)[C@@H]2C)c1OC(F)F. The summed E-state index contributed by atoms with van der Waals surface area (Å²) in [6.07, 6.45) is -5.66. The smallest absolute Gasteiger partial charge is 0.417 e. The third kappa shape index (κ3) is 4.90. The Morgan fingerprint density at radius 2 is 1.91 bits per heavy atom. The number of nitrogens with zero attached hydrogens (tertiary/aromatic N) is 1. The van der Waals surface area contributed by atoms with Crippen molar-refractivity contribution in [3.8, 4) is 5.75 Å². The topological polar surface area (TPSA) is 104 Å². The van der Waals surface area contributed by atoms with Crippen LogP contribution in [0.1, 0.15) is 41.4 Å². The molecule has 0 bridgehead atoms. The number of nitrogens with one attached hydrogen (secondary N) is 1. The average Bonchev–Trinajstić information content (AvgIpc) is 3.04. The molecule has 190 valence electrons. The van der Waals surface area contributed by atoms with Crippen LogP contribution in [0.5, 0.6) is 5.75 Å². The maximum Gasteiger partial charge on any atom is 0.417 e. The van der Waals surface area contributed by atoms with E-state index in [0.29, 0.717) is 0 Å². The quantitative estimate of drug-likeness (QED) is 0.570. The highest BCUT2D eigenvalue weighted by molar-refractivity contribution is 5.97. The highest BCUT2D eigenvalue weighted by Gasteiger charge is 2.65. The number of amides is 2. The standard InChI is InChI=1S/C22H21F6N3O4/c1-9-13(23)5-4-12(16(9)34-20(24)25)15-10(2)21(3,22(26,27)28)35-17(15)19(33)31-11-6-7-30-14(8-11)18(29)32/h4-8,10,15,17,20H,1-3H3,(H2,29,32)(H,30,31,33)/t10-,15+,17+,21-/m1/s1. The van der Waals surface area contributed by atoms with Crippen molar-refractivity contribution in [3.05, 3.63) is 53.1 Å². The highest BCUT2D eigenvalue weighted by Crippen LogP contribution is 2.55. The van der Waals surface area contributed by atoms with Crippen LogP contribution in [0.15, 0.2) is 30.5 Å². The van der Waals surface area contributed by atoms with Gasteiger partial charge in [0.05, 0.1) is 0 Å². The van der Waals surface area contributed by atoms with E-state index in [1.165, 1.54) is 6.07 Å². The number of benzene rings is 1. The van der Waals surface area contributed by atoms with E-state index in [1.54, 1.807) is 0 Å². The molecule has 0 unspecified atom stereocenters. The van der Waals surface area contributed by atoms with Crippen LogP contribution in [0, 0.1) is 18.7 Å². The summed E-state index contributed by atoms with van der Waals surface area (Å²) in [5, 5.41) is 2.33. The van der Waals surface area contributed by atoms with Crippen molar-refractivity contribution in [3.63, 3.8) is 0 Å². The molecular formula is C22H21F6N3O4. The predicted molar refractivity (Wildman–Crippen MR) is 110 cm³/mol. The maximum absolute atomic E-state index is 14.1. The fraction of sp³-hybridized carbons (Fsp3) is 0.409. The lowest BCUT2D eigenvalue weighted by Crippen LogP contribution is -2.47. The van der Waals surface area contributed by atoms with Crippen LogP contribution >= 0.6 is 0 Å². The first-order valence-corrected chi connectivity index (χ1v) is 10.2. The van der Waals surface area contributed by atoms with Gasteiger partial charge in [-0.1, -0.05) is 13.0 Å². The molecule has 0 radical (unpaired) electrons. The largest absolute Gasteiger partial charge is 0.434 e. The number of halogens is 6. The minimum Gasteiger partial charge on any atom is -0.434 e. The van der Waals surface area contributed by atoms with Crippen LogP contribution in [0.4, 0.5) is 32.0 Å². The zero-order valence-electron chi connectivity index (χ0n) is 18.6. The van der Waals surface area contributed by atoms with E-state index in [-0.39, 0.29) is 22.5 Å². The van der Waals surface area contributed by atoms with Gasteiger partial charge in [0.25, 0.3) is 11.8 Å². The monoisotopic (exact) mass is 505 g/mol. The Morgan fingerprint density at radius 3 is 2.49 bits per heavy atom. The van der Waals surface area contributed by atoms with Crippen molar-refractivity contribution in [2.45, 2.75) is 51.2 Å². The summed E-state index contributed by atoms with van der Waals surface area (Å²) in [7, 11) is 0.